The van der Waals surface area contributed by atoms with Gasteiger partial charge in [0.05, 0.1) is 0 Å². The molecule has 4 nitrogen and oxygen atoms in total. The van der Waals surface area contributed by atoms with Crippen LogP contribution in [0.2, 0.25) is 0 Å². The highest BCUT2D eigenvalue weighted by Gasteiger charge is 2.24. The van der Waals surface area contributed by atoms with Crippen LogP contribution in [-0.4, -0.2) is 49.1 Å². The van der Waals surface area contributed by atoms with Crippen molar-refractivity contribution >= 4 is 5.91 Å². The fraction of sp³-hybridized carbons (Fsp3) is 0.923. The maximum absolute atomic E-state index is 11.8. The van der Waals surface area contributed by atoms with E-state index < -0.39 is 0 Å². The summed E-state index contributed by atoms with van der Waals surface area (Å²) in [5.41, 5.74) is 0. The maximum Gasteiger partial charge on any atom is 0.221 e. The van der Waals surface area contributed by atoms with Gasteiger partial charge in [0.15, 0.2) is 0 Å². The Labute approximate surface area is 105 Å². The average Bonchev–Trinajstić information content (AvgIpc) is 2.23. The van der Waals surface area contributed by atoms with Gasteiger partial charge in [-0.05, 0) is 40.3 Å². The fourth-order valence-electron chi connectivity index (χ4n) is 2.41. The van der Waals surface area contributed by atoms with Crippen LogP contribution in [0.5, 0.6) is 0 Å². The van der Waals surface area contributed by atoms with Crippen molar-refractivity contribution in [2.24, 2.45) is 0 Å². The van der Waals surface area contributed by atoms with Crippen LogP contribution in [0.1, 0.15) is 40.0 Å². The third-order valence-corrected chi connectivity index (χ3v) is 3.62. The van der Waals surface area contributed by atoms with Gasteiger partial charge < -0.3 is 15.5 Å². The maximum atomic E-state index is 11.8. The first-order valence-electron chi connectivity index (χ1n) is 6.76. The Balaban J connectivity index is 2.27. The van der Waals surface area contributed by atoms with Crippen LogP contribution in [0.15, 0.2) is 0 Å². The molecular formula is C13H27N3O. The van der Waals surface area contributed by atoms with Gasteiger partial charge >= 0.3 is 0 Å². The lowest BCUT2D eigenvalue weighted by molar-refractivity contribution is -0.122. The molecule has 1 aliphatic heterocycles. The second-order valence-electron chi connectivity index (χ2n) is 5.28. The summed E-state index contributed by atoms with van der Waals surface area (Å²) >= 11 is 0. The van der Waals surface area contributed by atoms with Crippen molar-refractivity contribution in [2.75, 3.05) is 20.1 Å². The molecule has 1 heterocycles. The van der Waals surface area contributed by atoms with E-state index >= 15 is 0 Å². The Bertz CT molecular complexity index is 245. The summed E-state index contributed by atoms with van der Waals surface area (Å²) in [6, 6.07) is 1.20. The molecule has 0 spiro atoms. The van der Waals surface area contributed by atoms with Crippen LogP contribution in [0.3, 0.4) is 0 Å². The SMILES string of the molecule is CCNC(C)CC(=O)NC1CCN(C)C(C)C1. The first-order chi connectivity index (χ1) is 8.02. The van der Waals surface area contributed by atoms with Crippen LogP contribution in [0.25, 0.3) is 0 Å². The molecule has 17 heavy (non-hydrogen) atoms. The Morgan fingerprint density at radius 1 is 1.53 bits per heavy atom. The van der Waals surface area contributed by atoms with Crippen LogP contribution in [0, 0.1) is 0 Å². The van der Waals surface area contributed by atoms with E-state index in [9.17, 15) is 4.79 Å². The quantitative estimate of drug-likeness (QED) is 0.754. The largest absolute Gasteiger partial charge is 0.353 e. The lowest BCUT2D eigenvalue weighted by Crippen LogP contribution is -2.48. The Kier molecular flexibility index (Phi) is 5.92. The van der Waals surface area contributed by atoms with Gasteiger partial charge in [0.25, 0.3) is 0 Å². The van der Waals surface area contributed by atoms with Gasteiger partial charge in [0.1, 0.15) is 0 Å². The van der Waals surface area contributed by atoms with Crippen molar-refractivity contribution in [1.29, 1.82) is 0 Å². The molecule has 0 saturated carbocycles. The zero-order valence-electron chi connectivity index (χ0n) is 11.6. The van der Waals surface area contributed by atoms with E-state index in [2.05, 4.69) is 43.4 Å². The van der Waals surface area contributed by atoms with E-state index in [4.69, 9.17) is 0 Å². The summed E-state index contributed by atoms with van der Waals surface area (Å²) in [4.78, 5) is 14.2. The van der Waals surface area contributed by atoms with Gasteiger partial charge in [-0.25, -0.2) is 0 Å². The van der Waals surface area contributed by atoms with Gasteiger partial charge in [0, 0.05) is 31.1 Å². The number of hydrogen-bond donors (Lipinski definition) is 2. The first-order valence-corrected chi connectivity index (χ1v) is 6.76. The van der Waals surface area contributed by atoms with Crippen LogP contribution >= 0.6 is 0 Å². The number of carbonyl (C=O) groups is 1. The molecule has 4 heteroatoms. The van der Waals surface area contributed by atoms with Gasteiger partial charge in [-0.15, -0.1) is 0 Å². The van der Waals surface area contributed by atoms with Crippen LogP contribution in [0.4, 0.5) is 0 Å². The Morgan fingerprint density at radius 3 is 2.82 bits per heavy atom. The van der Waals surface area contributed by atoms with Gasteiger partial charge in [-0.3, -0.25) is 4.79 Å². The first kappa shape index (κ1) is 14.5. The molecule has 1 saturated heterocycles. The van der Waals surface area contributed by atoms with Crippen molar-refractivity contribution in [2.45, 2.75) is 58.2 Å². The summed E-state index contributed by atoms with van der Waals surface area (Å²) in [6.07, 6.45) is 2.72. The summed E-state index contributed by atoms with van der Waals surface area (Å²) in [5.74, 6) is 0.181. The van der Waals surface area contributed by atoms with Crippen molar-refractivity contribution in [1.82, 2.24) is 15.5 Å². The van der Waals surface area contributed by atoms with Gasteiger partial charge in [-0.1, -0.05) is 6.92 Å². The molecule has 0 aromatic rings. The molecule has 0 aromatic heterocycles. The highest BCUT2D eigenvalue weighted by atomic mass is 16.1. The lowest BCUT2D eigenvalue weighted by Gasteiger charge is -2.35. The molecule has 0 aromatic carbocycles. The minimum atomic E-state index is 0.181. The predicted octanol–water partition coefficient (Wildman–Crippen LogP) is 0.973. The van der Waals surface area contributed by atoms with Crippen LogP contribution in [-0.2, 0) is 4.79 Å². The van der Waals surface area contributed by atoms with Crippen molar-refractivity contribution < 1.29 is 4.79 Å². The fourth-order valence-corrected chi connectivity index (χ4v) is 2.41. The smallest absolute Gasteiger partial charge is 0.221 e. The Morgan fingerprint density at radius 2 is 2.24 bits per heavy atom. The lowest BCUT2D eigenvalue weighted by atomic mass is 9.98. The number of carbonyl (C=O) groups excluding carboxylic acids is 1. The summed E-state index contributed by atoms with van der Waals surface area (Å²) in [5, 5.41) is 6.41. The molecule has 1 rings (SSSR count). The summed E-state index contributed by atoms with van der Waals surface area (Å²) in [6.45, 7) is 8.33. The minimum Gasteiger partial charge on any atom is -0.353 e. The summed E-state index contributed by atoms with van der Waals surface area (Å²) in [7, 11) is 2.15. The molecule has 2 N–H and O–H groups in total. The number of rotatable bonds is 5. The highest BCUT2D eigenvalue weighted by Crippen LogP contribution is 2.15. The highest BCUT2D eigenvalue weighted by molar-refractivity contribution is 5.76. The number of hydrogen-bond acceptors (Lipinski definition) is 3. The van der Waals surface area contributed by atoms with Crippen molar-refractivity contribution in [3.63, 3.8) is 0 Å². The molecular weight excluding hydrogens is 214 g/mol. The number of likely N-dealkylation sites (tertiary alicyclic amines) is 1. The molecule has 1 amide bonds. The predicted molar refractivity (Wildman–Crippen MR) is 71.0 cm³/mol. The third kappa shape index (κ3) is 5.04. The third-order valence-electron chi connectivity index (χ3n) is 3.62. The average molecular weight is 241 g/mol. The zero-order chi connectivity index (χ0) is 12.8. The number of nitrogens with one attached hydrogen (secondary N) is 2. The zero-order valence-corrected chi connectivity index (χ0v) is 11.6. The van der Waals surface area contributed by atoms with Gasteiger partial charge in [-0.2, -0.15) is 0 Å². The van der Waals surface area contributed by atoms with Gasteiger partial charge in [0.2, 0.25) is 5.91 Å². The second kappa shape index (κ2) is 6.97. The van der Waals surface area contributed by atoms with E-state index in [-0.39, 0.29) is 11.9 Å². The normalized spacial score (nSPS) is 27.8. The molecule has 0 aliphatic carbocycles. The number of piperidine rings is 1. The van der Waals surface area contributed by atoms with E-state index in [1.807, 2.05) is 0 Å². The molecule has 100 valence electrons. The molecule has 1 aliphatic rings. The Hall–Kier alpha value is -0.610. The molecule has 3 unspecified atom stereocenters. The van der Waals surface area contributed by atoms with E-state index in [0.29, 0.717) is 18.5 Å². The van der Waals surface area contributed by atoms with Crippen molar-refractivity contribution in [3.05, 3.63) is 0 Å². The number of amides is 1. The molecule has 0 radical (unpaired) electrons. The topological polar surface area (TPSA) is 44.4 Å². The number of nitrogens with zero attached hydrogens (tertiary/aromatic N) is 1. The van der Waals surface area contributed by atoms with E-state index in [1.54, 1.807) is 0 Å². The summed E-state index contributed by atoms with van der Waals surface area (Å²) < 4.78 is 0. The van der Waals surface area contributed by atoms with Crippen LogP contribution < -0.4 is 10.6 Å². The monoisotopic (exact) mass is 241 g/mol. The van der Waals surface area contributed by atoms with E-state index in [1.165, 1.54) is 0 Å². The van der Waals surface area contributed by atoms with E-state index in [0.717, 1.165) is 25.9 Å². The van der Waals surface area contributed by atoms with Crippen molar-refractivity contribution in [3.8, 4) is 0 Å². The molecule has 0 bridgehead atoms. The second-order valence-corrected chi connectivity index (χ2v) is 5.28. The minimum absolute atomic E-state index is 0.181. The molecule has 3 atom stereocenters. The standard InChI is InChI=1S/C13H27N3O/c1-5-14-10(2)8-13(17)15-12-6-7-16(4)11(3)9-12/h10-12,14H,5-9H2,1-4H3,(H,15,17). The molecule has 1 fully saturated rings.